The van der Waals surface area contributed by atoms with Gasteiger partial charge in [0, 0.05) is 25.9 Å². The van der Waals surface area contributed by atoms with Gasteiger partial charge in [0.25, 0.3) is 5.91 Å². The van der Waals surface area contributed by atoms with Gasteiger partial charge in [-0.1, -0.05) is 19.1 Å². The Morgan fingerprint density at radius 2 is 2.04 bits per heavy atom. The lowest BCUT2D eigenvalue weighted by Crippen LogP contribution is -2.51. The smallest absolute Gasteiger partial charge is 0.256 e. The summed E-state index contributed by atoms with van der Waals surface area (Å²) in [6, 6.07) is 8.25. The Morgan fingerprint density at radius 3 is 2.68 bits per heavy atom. The molecular formula is C20H31N3O2. The van der Waals surface area contributed by atoms with E-state index in [0.717, 1.165) is 31.2 Å². The summed E-state index contributed by atoms with van der Waals surface area (Å²) in [7, 11) is 1.63. The Kier molecular flexibility index (Phi) is 6.10. The third-order valence-electron chi connectivity index (χ3n) is 5.57. The number of anilines is 1. The van der Waals surface area contributed by atoms with E-state index < -0.39 is 5.60 Å². The fourth-order valence-electron chi connectivity index (χ4n) is 3.98. The Labute approximate surface area is 151 Å². The molecule has 0 spiro atoms. The standard InChI is InChI=1S/C20H31N3O2/c1-16-4-3-13-23(14-16)15-17-5-7-18(8-6-17)22-19(24)20(25-2)9-11-21-12-10-20/h5-8,16,21H,3-4,9-15H2,1-2H3,(H,22,24). The molecule has 5 nitrogen and oxygen atoms in total. The van der Waals surface area contributed by atoms with Crippen molar-refractivity contribution in [1.29, 1.82) is 0 Å². The molecular weight excluding hydrogens is 314 g/mol. The number of hydrogen-bond acceptors (Lipinski definition) is 4. The first kappa shape index (κ1) is 18.4. The molecule has 2 heterocycles. The molecule has 2 saturated heterocycles. The van der Waals surface area contributed by atoms with Crippen LogP contribution in [-0.2, 0) is 16.1 Å². The van der Waals surface area contributed by atoms with E-state index in [2.05, 4.69) is 34.6 Å². The van der Waals surface area contributed by atoms with Gasteiger partial charge in [-0.3, -0.25) is 9.69 Å². The van der Waals surface area contributed by atoms with Crippen molar-refractivity contribution < 1.29 is 9.53 Å². The average molecular weight is 345 g/mol. The number of carbonyl (C=O) groups is 1. The van der Waals surface area contributed by atoms with Crippen LogP contribution in [0.15, 0.2) is 24.3 Å². The highest BCUT2D eigenvalue weighted by atomic mass is 16.5. The SMILES string of the molecule is COC1(C(=O)Nc2ccc(CN3CCCC(C)C3)cc2)CCNCC1. The Bertz CT molecular complexity index is 567. The lowest BCUT2D eigenvalue weighted by atomic mass is 9.91. The van der Waals surface area contributed by atoms with Crippen molar-refractivity contribution in [1.82, 2.24) is 10.2 Å². The molecule has 1 unspecified atom stereocenters. The number of likely N-dealkylation sites (tertiary alicyclic amines) is 1. The van der Waals surface area contributed by atoms with Crippen LogP contribution in [0, 0.1) is 5.92 Å². The van der Waals surface area contributed by atoms with Gasteiger partial charge in [0.1, 0.15) is 5.60 Å². The number of nitrogens with one attached hydrogen (secondary N) is 2. The van der Waals surface area contributed by atoms with Gasteiger partial charge in [0.15, 0.2) is 0 Å². The van der Waals surface area contributed by atoms with Gasteiger partial charge in [-0.2, -0.15) is 0 Å². The van der Waals surface area contributed by atoms with Gasteiger partial charge in [-0.15, -0.1) is 0 Å². The largest absolute Gasteiger partial charge is 0.368 e. The van der Waals surface area contributed by atoms with E-state index in [1.807, 2.05) is 12.1 Å². The number of methoxy groups -OCH3 is 1. The van der Waals surface area contributed by atoms with Crippen LogP contribution in [0.4, 0.5) is 5.69 Å². The topological polar surface area (TPSA) is 53.6 Å². The molecule has 0 bridgehead atoms. The number of benzene rings is 1. The molecule has 2 aliphatic rings. The summed E-state index contributed by atoms with van der Waals surface area (Å²) in [6.07, 6.45) is 4.06. The summed E-state index contributed by atoms with van der Waals surface area (Å²) < 4.78 is 5.59. The maximum Gasteiger partial charge on any atom is 0.256 e. The van der Waals surface area contributed by atoms with Gasteiger partial charge < -0.3 is 15.4 Å². The molecule has 1 atom stereocenters. The van der Waals surface area contributed by atoms with Gasteiger partial charge in [-0.25, -0.2) is 0 Å². The quantitative estimate of drug-likeness (QED) is 0.861. The number of hydrogen-bond donors (Lipinski definition) is 2. The molecule has 3 rings (SSSR count). The molecule has 1 amide bonds. The van der Waals surface area contributed by atoms with E-state index in [9.17, 15) is 4.79 Å². The van der Waals surface area contributed by atoms with Gasteiger partial charge in [0.05, 0.1) is 0 Å². The van der Waals surface area contributed by atoms with Crippen molar-refractivity contribution in [2.75, 3.05) is 38.6 Å². The zero-order valence-electron chi connectivity index (χ0n) is 15.5. The van der Waals surface area contributed by atoms with E-state index in [4.69, 9.17) is 4.74 Å². The molecule has 1 aromatic rings. The van der Waals surface area contributed by atoms with Gasteiger partial charge in [-0.05, 0) is 68.9 Å². The predicted molar refractivity (Wildman–Crippen MR) is 101 cm³/mol. The molecule has 0 aromatic heterocycles. The predicted octanol–water partition coefficient (Wildman–Crippen LogP) is 2.63. The van der Waals surface area contributed by atoms with Crippen molar-refractivity contribution in [2.24, 2.45) is 5.92 Å². The van der Waals surface area contributed by atoms with Gasteiger partial charge in [0.2, 0.25) is 0 Å². The zero-order chi connectivity index (χ0) is 17.7. The molecule has 2 N–H and O–H groups in total. The van der Waals surface area contributed by atoms with E-state index in [0.29, 0.717) is 12.8 Å². The molecule has 0 radical (unpaired) electrons. The molecule has 138 valence electrons. The van der Waals surface area contributed by atoms with Crippen molar-refractivity contribution in [3.63, 3.8) is 0 Å². The number of carbonyl (C=O) groups excluding carboxylic acids is 1. The van der Waals surface area contributed by atoms with Crippen LogP contribution in [-0.4, -0.2) is 49.7 Å². The minimum atomic E-state index is -0.701. The first-order valence-electron chi connectivity index (χ1n) is 9.50. The highest BCUT2D eigenvalue weighted by Crippen LogP contribution is 2.25. The van der Waals surface area contributed by atoms with Crippen molar-refractivity contribution in [2.45, 2.75) is 44.8 Å². The van der Waals surface area contributed by atoms with E-state index in [1.54, 1.807) is 7.11 Å². The molecule has 0 saturated carbocycles. The molecule has 2 aliphatic heterocycles. The van der Waals surface area contributed by atoms with Crippen molar-refractivity contribution >= 4 is 11.6 Å². The van der Waals surface area contributed by atoms with E-state index >= 15 is 0 Å². The van der Waals surface area contributed by atoms with Crippen molar-refractivity contribution in [3.8, 4) is 0 Å². The van der Waals surface area contributed by atoms with Crippen LogP contribution >= 0.6 is 0 Å². The maximum atomic E-state index is 12.7. The van der Waals surface area contributed by atoms with E-state index in [1.165, 1.54) is 31.5 Å². The Morgan fingerprint density at radius 1 is 1.32 bits per heavy atom. The van der Waals surface area contributed by atoms with Crippen LogP contribution in [0.1, 0.15) is 38.2 Å². The summed E-state index contributed by atoms with van der Waals surface area (Å²) >= 11 is 0. The summed E-state index contributed by atoms with van der Waals surface area (Å²) in [5.41, 5.74) is 1.44. The summed E-state index contributed by atoms with van der Waals surface area (Å²) in [6.45, 7) is 7.32. The monoisotopic (exact) mass is 345 g/mol. The first-order valence-corrected chi connectivity index (χ1v) is 9.50. The van der Waals surface area contributed by atoms with E-state index in [-0.39, 0.29) is 5.91 Å². The second-order valence-electron chi connectivity index (χ2n) is 7.58. The second kappa shape index (κ2) is 8.30. The average Bonchev–Trinajstić information content (AvgIpc) is 2.64. The number of nitrogens with zero attached hydrogens (tertiary/aromatic N) is 1. The fourth-order valence-corrected chi connectivity index (χ4v) is 3.98. The number of amides is 1. The third kappa shape index (κ3) is 4.60. The first-order chi connectivity index (χ1) is 12.1. The van der Waals surface area contributed by atoms with Crippen LogP contribution in [0.5, 0.6) is 0 Å². The Hall–Kier alpha value is -1.43. The highest BCUT2D eigenvalue weighted by molar-refractivity contribution is 5.97. The summed E-state index contributed by atoms with van der Waals surface area (Å²) in [5.74, 6) is 0.761. The molecule has 0 aliphatic carbocycles. The lowest BCUT2D eigenvalue weighted by molar-refractivity contribution is -0.140. The normalized spacial score (nSPS) is 24.0. The summed E-state index contributed by atoms with van der Waals surface area (Å²) in [4.78, 5) is 15.2. The molecule has 25 heavy (non-hydrogen) atoms. The lowest BCUT2D eigenvalue weighted by Gasteiger charge is -2.34. The molecule has 1 aromatic carbocycles. The van der Waals surface area contributed by atoms with Crippen LogP contribution in [0.3, 0.4) is 0 Å². The number of ether oxygens (including phenoxy) is 1. The summed E-state index contributed by atoms with van der Waals surface area (Å²) in [5, 5.41) is 6.31. The Balaban J connectivity index is 1.57. The number of rotatable bonds is 5. The zero-order valence-corrected chi connectivity index (χ0v) is 15.5. The minimum absolute atomic E-state index is 0.0332. The van der Waals surface area contributed by atoms with Crippen LogP contribution < -0.4 is 10.6 Å². The maximum absolute atomic E-state index is 12.7. The molecule has 2 fully saturated rings. The van der Waals surface area contributed by atoms with Crippen LogP contribution in [0.2, 0.25) is 0 Å². The van der Waals surface area contributed by atoms with Gasteiger partial charge >= 0.3 is 0 Å². The number of piperidine rings is 2. The third-order valence-corrected chi connectivity index (χ3v) is 5.57. The molecule has 5 heteroatoms. The highest BCUT2D eigenvalue weighted by Gasteiger charge is 2.39. The fraction of sp³-hybridized carbons (Fsp3) is 0.650. The minimum Gasteiger partial charge on any atom is -0.368 e. The van der Waals surface area contributed by atoms with Crippen LogP contribution in [0.25, 0.3) is 0 Å². The van der Waals surface area contributed by atoms with Crippen molar-refractivity contribution in [3.05, 3.63) is 29.8 Å². The second-order valence-corrected chi connectivity index (χ2v) is 7.58.